The number of piperazine rings is 1. The van der Waals surface area contributed by atoms with E-state index in [1.165, 1.54) is 4.90 Å². The van der Waals surface area contributed by atoms with Gasteiger partial charge in [-0.1, -0.05) is 0 Å². The third kappa shape index (κ3) is 4.29. The number of thioether (sulfide) groups is 1. The maximum absolute atomic E-state index is 11.9. The van der Waals surface area contributed by atoms with Gasteiger partial charge in [-0.15, -0.1) is 0 Å². The summed E-state index contributed by atoms with van der Waals surface area (Å²) in [5.74, 6) is -0.959. The van der Waals surface area contributed by atoms with Crippen molar-refractivity contribution in [2.45, 2.75) is 18.5 Å². The van der Waals surface area contributed by atoms with Crippen molar-refractivity contribution in [3.05, 3.63) is 0 Å². The van der Waals surface area contributed by atoms with Gasteiger partial charge in [-0.05, 0) is 18.7 Å². The molecule has 3 nitrogen and oxygen atoms in total. The summed E-state index contributed by atoms with van der Waals surface area (Å²) in [6.45, 7) is 3.59. The molecule has 0 saturated carbocycles. The van der Waals surface area contributed by atoms with Crippen LogP contribution in [0.2, 0.25) is 0 Å². The molecule has 1 amide bonds. The number of carbonyl (C=O) groups is 1. The molecule has 0 aliphatic carbocycles. The van der Waals surface area contributed by atoms with Crippen molar-refractivity contribution < 1.29 is 18.0 Å². The van der Waals surface area contributed by atoms with E-state index in [9.17, 15) is 18.0 Å². The summed E-state index contributed by atoms with van der Waals surface area (Å²) >= 11 is -0.274. The normalized spacial score (nSPS) is 22.9. The summed E-state index contributed by atoms with van der Waals surface area (Å²) < 4.78 is 35.6. The maximum atomic E-state index is 11.9. The van der Waals surface area contributed by atoms with Crippen LogP contribution < -0.4 is 5.32 Å². The van der Waals surface area contributed by atoms with E-state index in [-0.39, 0.29) is 17.8 Å². The van der Waals surface area contributed by atoms with Gasteiger partial charge in [0.25, 0.3) is 0 Å². The number of nitrogens with one attached hydrogen (secondary N) is 1. The van der Waals surface area contributed by atoms with Gasteiger partial charge in [0, 0.05) is 25.7 Å². The highest BCUT2D eigenvalue weighted by Gasteiger charge is 2.31. The van der Waals surface area contributed by atoms with Gasteiger partial charge < -0.3 is 10.2 Å². The fraction of sp³-hybridized carbons (Fsp3) is 0.875. The summed E-state index contributed by atoms with van der Waals surface area (Å²) in [6.07, 6.45) is 0. The largest absolute Gasteiger partial charge is 0.442 e. The molecular weight excluding hydrogens is 229 g/mol. The van der Waals surface area contributed by atoms with Gasteiger partial charge in [-0.2, -0.15) is 13.2 Å². The van der Waals surface area contributed by atoms with Crippen molar-refractivity contribution in [2.24, 2.45) is 0 Å². The van der Waals surface area contributed by atoms with Gasteiger partial charge in [0.2, 0.25) is 5.91 Å². The van der Waals surface area contributed by atoms with Crippen molar-refractivity contribution in [1.82, 2.24) is 10.2 Å². The lowest BCUT2D eigenvalue weighted by molar-refractivity contribution is -0.131. The minimum atomic E-state index is -4.33. The lowest BCUT2D eigenvalue weighted by Gasteiger charge is -2.34. The van der Waals surface area contributed by atoms with Crippen LogP contribution in [-0.2, 0) is 4.79 Å². The Morgan fingerprint density at radius 2 is 2.27 bits per heavy atom. The predicted octanol–water partition coefficient (Wildman–Crippen LogP) is 1.06. The van der Waals surface area contributed by atoms with Crippen LogP contribution in [0.15, 0.2) is 0 Å². The molecule has 0 radical (unpaired) electrons. The van der Waals surface area contributed by atoms with Crippen LogP contribution in [0.1, 0.15) is 6.92 Å². The maximum Gasteiger partial charge on any atom is 0.442 e. The summed E-state index contributed by atoms with van der Waals surface area (Å²) in [5, 5.41) is 3.07. The van der Waals surface area contributed by atoms with Crippen molar-refractivity contribution in [3.8, 4) is 0 Å². The van der Waals surface area contributed by atoms with Gasteiger partial charge in [0.05, 0.1) is 5.75 Å². The molecule has 1 saturated heterocycles. The van der Waals surface area contributed by atoms with Crippen molar-refractivity contribution >= 4 is 17.7 Å². The Morgan fingerprint density at radius 1 is 1.60 bits per heavy atom. The lowest BCUT2D eigenvalue weighted by Crippen LogP contribution is -2.52. The molecule has 0 bridgehead atoms. The lowest BCUT2D eigenvalue weighted by atomic mass is 10.2. The van der Waals surface area contributed by atoms with Crippen LogP contribution in [0.5, 0.6) is 0 Å². The first-order valence-electron chi connectivity index (χ1n) is 4.61. The second-order valence-electron chi connectivity index (χ2n) is 3.37. The molecule has 7 heteroatoms. The molecule has 1 aliphatic rings. The summed E-state index contributed by atoms with van der Waals surface area (Å²) in [6, 6.07) is -0.0277. The monoisotopic (exact) mass is 242 g/mol. The second-order valence-corrected chi connectivity index (χ2v) is 4.41. The molecule has 1 aliphatic heterocycles. The number of rotatable bonds is 2. The Balaban J connectivity index is 2.39. The van der Waals surface area contributed by atoms with Gasteiger partial charge in [0.15, 0.2) is 0 Å². The van der Waals surface area contributed by atoms with E-state index in [1.807, 2.05) is 6.92 Å². The van der Waals surface area contributed by atoms with Gasteiger partial charge in [0.1, 0.15) is 0 Å². The zero-order valence-electron chi connectivity index (χ0n) is 8.30. The molecule has 0 unspecified atom stereocenters. The third-order valence-corrected chi connectivity index (χ3v) is 2.90. The Morgan fingerprint density at radius 3 is 2.80 bits per heavy atom. The van der Waals surface area contributed by atoms with E-state index in [0.717, 1.165) is 0 Å². The van der Waals surface area contributed by atoms with Gasteiger partial charge in [-0.25, -0.2) is 0 Å². The Bertz CT molecular complexity index is 234. The molecule has 1 N–H and O–H groups in total. The molecule has 1 atom stereocenters. The number of carbonyl (C=O) groups excluding carboxylic acids is 1. The van der Waals surface area contributed by atoms with Crippen LogP contribution >= 0.6 is 11.8 Å². The average Bonchev–Trinajstić information content (AvgIpc) is 2.14. The van der Waals surface area contributed by atoms with E-state index < -0.39 is 17.2 Å². The van der Waals surface area contributed by atoms with E-state index in [1.54, 1.807) is 0 Å². The highest BCUT2D eigenvalue weighted by atomic mass is 32.2. The number of amides is 1. The standard InChI is InChI=1S/C8H13F3N2OS/c1-6-4-12-2-3-13(6)7(14)5-15-8(9,10)11/h6,12H,2-5H2,1H3/t6-/m0/s1. The zero-order chi connectivity index (χ0) is 11.5. The average molecular weight is 242 g/mol. The Hall–Kier alpha value is -0.430. The first-order valence-corrected chi connectivity index (χ1v) is 5.59. The first-order chi connectivity index (χ1) is 6.90. The fourth-order valence-electron chi connectivity index (χ4n) is 1.44. The number of nitrogens with zero attached hydrogens (tertiary/aromatic N) is 1. The van der Waals surface area contributed by atoms with Crippen LogP contribution in [0.3, 0.4) is 0 Å². The van der Waals surface area contributed by atoms with Gasteiger partial charge >= 0.3 is 5.51 Å². The smallest absolute Gasteiger partial charge is 0.337 e. The SMILES string of the molecule is C[C@H]1CNCCN1C(=O)CSC(F)(F)F. The first kappa shape index (κ1) is 12.6. The zero-order valence-corrected chi connectivity index (χ0v) is 9.12. The van der Waals surface area contributed by atoms with E-state index in [4.69, 9.17) is 0 Å². The van der Waals surface area contributed by atoms with E-state index >= 15 is 0 Å². The number of alkyl halides is 3. The molecule has 1 heterocycles. The topological polar surface area (TPSA) is 32.3 Å². The molecule has 1 rings (SSSR count). The van der Waals surface area contributed by atoms with Crippen LogP contribution in [-0.4, -0.2) is 47.7 Å². The summed E-state index contributed by atoms with van der Waals surface area (Å²) in [4.78, 5) is 12.9. The molecule has 15 heavy (non-hydrogen) atoms. The molecule has 0 aromatic heterocycles. The number of halogens is 3. The number of hydrogen-bond acceptors (Lipinski definition) is 3. The summed E-state index contributed by atoms with van der Waals surface area (Å²) in [7, 11) is 0. The van der Waals surface area contributed by atoms with Crippen molar-refractivity contribution in [1.29, 1.82) is 0 Å². The van der Waals surface area contributed by atoms with Gasteiger partial charge in [-0.3, -0.25) is 4.79 Å². The summed E-state index contributed by atoms with van der Waals surface area (Å²) in [5.41, 5.74) is -4.33. The molecule has 1 fully saturated rings. The molecule has 88 valence electrons. The van der Waals surface area contributed by atoms with Crippen LogP contribution in [0, 0.1) is 0 Å². The van der Waals surface area contributed by atoms with Crippen LogP contribution in [0.4, 0.5) is 13.2 Å². The highest BCUT2D eigenvalue weighted by Crippen LogP contribution is 2.30. The van der Waals surface area contributed by atoms with Crippen LogP contribution in [0.25, 0.3) is 0 Å². The number of hydrogen-bond donors (Lipinski definition) is 1. The molecule has 0 spiro atoms. The Kier molecular flexibility index (Phi) is 4.27. The predicted molar refractivity (Wildman–Crippen MR) is 52.6 cm³/mol. The quantitative estimate of drug-likeness (QED) is 0.786. The minimum absolute atomic E-state index is 0.0277. The van der Waals surface area contributed by atoms with Crippen molar-refractivity contribution in [3.63, 3.8) is 0 Å². The third-order valence-electron chi connectivity index (χ3n) is 2.18. The minimum Gasteiger partial charge on any atom is -0.337 e. The molecular formula is C8H13F3N2OS. The van der Waals surface area contributed by atoms with E-state index in [2.05, 4.69) is 5.32 Å². The highest BCUT2D eigenvalue weighted by molar-refractivity contribution is 8.00. The second kappa shape index (κ2) is 5.07. The van der Waals surface area contributed by atoms with E-state index in [0.29, 0.717) is 19.6 Å². The molecule has 0 aromatic rings. The Labute approximate surface area is 90.4 Å². The van der Waals surface area contributed by atoms with Crippen molar-refractivity contribution in [2.75, 3.05) is 25.4 Å². The molecule has 0 aromatic carbocycles. The fourth-order valence-corrected chi connectivity index (χ4v) is 1.89.